The first kappa shape index (κ1) is 17.4. The summed E-state index contributed by atoms with van der Waals surface area (Å²) in [4.78, 5) is 13.8. The van der Waals surface area contributed by atoms with Crippen molar-refractivity contribution in [3.8, 4) is 5.75 Å². The maximum absolute atomic E-state index is 12.7. The fourth-order valence-electron chi connectivity index (χ4n) is 2.93. The van der Waals surface area contributed by atoms with E-state index in [1.807, 2.05) is 55.6 Å². The molecule has 0 radical (unpaired) electrons. The van der Waals surface area contributed by atoms with Crippen molar-refractivity contribution in [1.29, 1.82) is 0 Å². The van der Waals surface area contributed by atoms with Crippen LogP contribution in [0, 0.1) is 6.92 Å². The molecule has 0 saturated heterocycles. The number of rotatable bonds is 5. The smallest absolute Gasteiger partial charge is 0.251 e. The Labute approximate surface area is 152 Å². The van der Waals surface area contributed by atoms with Crippen molar-refractivity contribution >= 4 is 28.4 Å². The van der Waals surface area contributed by atoms with Gasteiger partial charge in [0.2, 0.25) is 0 Å². The standard InChI is InChI=1S/C21H21NO2S/c1-14-8-10-16(25-3)12-18(14)21(23)22-13-19-17-7-5-4-6-15(17)9-11-20(19)24-2/h4-12H,13H2,1-3H3,(H,22,23). The molecule has 0 aliphatic rings. The third kappa shape index (κ3) is 3.64. The maximum atomic E-state index is 12.7. The second-order valence-corrected chi connectivity index (χ2v) is 6.71. The Balaban J connectivity index is 1.89. The van der Waals surface area contributed by atoms with Crippen LogP contribution in [0.1, 0.15) is 21.5 Å². The Hall–Kier alpha value is -2.46. The third-order valence-electron chi connectivity index (χ3n) is 4.33. The first-order chi connectivity index (χ1) is 12.1. The van der Waals surface area contributed by atoms with Crippen LogP contribution in [-0.2, 0) is 6.54 Å². The Morgan fingerprint density at radius 1 is 1.12 bits per heavy atom. The molecule has 25 heavy (non-hydrogen) atoms. The molecule has 0 aromatic heterocycles. The quantitative estimate of drug-likeness (QED) is 0.671. The Bertz CT molecular complexity index is 921. The number of benzene rings is 3. The van der Waals surface area contributed by atoms with Crippen molar-refractivity contribution in [3.63, 3.8) is 0 Å². The van der Waals surface area contributed by atoms with E-state index in [2.05, 4.69) is 17.4 Å². The maximum Gasteiger partial charge on any atom is 0.251 e. The topological polar surface area (TPSA) is 38.3 Å². The SMILES string of the molecule is COc1ccc2ccccc2c1CNC(=O)c1cc(SC)ccc1C. The zero-order valence-corrected chi connectivity index (χ0v) is 15.4. The van der Waals surface area contributed by atoms with Gasteiger partial charge in [-0.25, -0.2) is 0 Å². The van der Waals surface area contributed by atoms with E-state index >= 15 is 0 Å². The van der Waals surface area contributed by atoms with E-state index in [1.54, 1.807) is 18.9 Å². The van der Waals surface area contributed by atoms with Crippen LogP contribution in [-0.4, -0.2) is 19.3 Å². The van der Waals surface area contributed by atoms with Crippen LogP contribution in [0.5, 0.6) is 5.75 Å². The first-order valence-electron chi connectivity index (χ1n) is 8.11. The number of ether oxygens (including phenoxy) is 1. The second-order valence-electron chi connectivity index (χ2n) is 5.83. The molecule has 0 atom stereocenters. The van der Waals surface area contributed by atoms with Gasteiger partial charge in [-0.3, -0.25) is 4.79 Å². The van der Waals surface area contributed by atoms with E-state index in [4.69, 9.17) is 4.74 Å². The molecule has 1 N–H and O–H groups in total. The largest absolute Gasteiger partial charge is 0.496 e. The van der Waals surface area contributed by atoms with Gasteiger partial charge in [-0.1, -0.05) is 36.4 Å². The van der Waals surface area contributed by atoms with E-state index in [1.165, 1.54) is 0 Å². The molecule has 3 aromatic carbocycles. The molecule has 128 valence electrons. The van der Waals surface area contributed by atoms with Gasteiger partial charge in [0.25, 0.3) is 5.91 Å². The van der Waals surface area contributed by atoms with Crippen LogP contribution >= 0.6 is 11.8 Å². The molecule has 0 bridgehead atoms. The molecule has 0 fully saturated rings. The summed E-state index contributed by atoms with van der Waals surface area (Å²) in [6.45, 7) is 2.38. The number of methoxy groups -OCH3 is 1. The van der Waals surface area contributed by atoms with E-state index in [0.29, 0.717) is 12.1 Å². The average molecular weight is 351 g/mol. The zero-order chi connectivity index (χ0) is 17.8. The van der Waals surface area contributed by atoms with Gasteiger partial charge in [0.15, 0.2) is 0 Å². The molecule has 0 saturated carbocycles. The monoisotopic (exact) mass is 351 g/mol. The summed E-state index contributed by atoms with van der Waals surface area (Å²) in [5.41, 5.74) is 2.68. The van der Waals surface area contributed by atoms with Gasteiger partial charge >= 0.3 is 0 Å². The fraction of sp³-hybridized carbons (Fsp3) is 0.190. The van der Waals surface area contributed by atoms with Gasteiger partial charge in [-0.05, 0) is 47.7 Å². The number of carbonyl (C=O) groups excluding carboxylic acids is 1. The number of hydrogen-bond acceptors (Lipinski definition) is 3. The first-order valence-corrected chi connectivity index (χ1v) is 9.34. The Morgan fingerprint density at radius 3 is 2.68 bits per heavy atom. The lowest BCUT2D eigenvalue weighted by Crippen LogP contribution is -2.24. The van der Waals surface area contributed by atoms with E-state index in [9.17, 15) is 4.79 Å². The van der Waals surface area contributed by atoms with Crippen LogP contribution < -0.4 is 10.1 Å². The minimum absolute atomic E-state index is 0.0663. The Morgan fingerprint density at radius 2 is 1.92 bits per heavy atom. The molecule has 0 spiro atoms. The highest BCUT2D eigenvalue weighted by Gasteiger charge is 2.13. The number of thioether (sulfide) groups is 1. The predicted molar refractivity (Wildman–Crippen MR) is 105 cm³/mol. The highest BCUT2D eigenvalue weighted by molar-refractivity contribution is 7.98. The summed E-state index contributed by atoms with van der Waals surface area (Å²) in [7, 11) is 1.65. The van der Waals surface area contributed by atoms with Gasteiger partial charge in [0.05, 0.1) is 7.11 Å². The average Bonchev–Trinajstić information content (AvgIpc) is 2.66. The third-order valence-corrected chi connectivity index (χ3v) is 5.06. The van der Waals surface area contributed by atoms with E-state index in [-0.39, 0.29) is 5.91 Å². The number of nitrogens with one attached hydrogen (secondary N) is 1. The second kappa shape index (κ2) is 7.62. The molecule has 3 aromatic rings. The van der Waals surface area contributed by atoms with Crippen LogP contribution in [0.15, 0.2) is 59.5 Å². The molecule has 1 amide bonds. The van der Waals surface area contributed by atoms with Crippen molar-refractivity contribution in [2.75, 3.05) is 13.4 Å². The minimum Gasteiger partial charge on any atom is -0.496 e. The number of aryl methyl sites for hydroxylation is 1. The molecule has 0 heterocycles. The molecule has 3 nitrogen and oxygen atoms in total. The molecule has 0 aliphatic heterocycles. The van der Waals surface area contributed by atoms with Crippen molar-refractivity contribution in [1.82, 2.24) is 5.32 Å². The molecule has 0 unspecified atom stereocenters. The van der Waals surface area contributed by atoms with E-state index in [0.717, 1.165) is 32.5 Å². The minimum atomic E-state index is -0.0663. The highest BCUT2D eigenvalue weighted by atomic mass is 32.2. The van der Waals surface area contributed by atoms with Crippen molar-refractivity contribution in [2.45, 2.75) is 18.4 Å². The van der Waals surface area contributed by atoms with Crippen molar-refractivity contribution in [2.24, 2.45) is 0 Å². The van der Waals surface area contributed by atoms with Crippen LogP contribution in [0.3, 0.4) is 0 Å². The van der Waals surface area contributed by atoms with Gasteiger partial charge in [-0.2, -0.15) is 0 Å². The summed E-state index contributed by atoms with van der Waals surface area (Å²) in [6.07, 6.45) is 2.01. The lowest BCUT2D eigenvalue weighted by molar-refractivity contribution is 0.0950. The summed E-state index contributed by atoms with van der Waals surface area (Å²) in [6, 6.07) is 18.1. The van der Waals surface area contributed by atoms with Gasteiger partial charge in [-0.15, -0.1) is 11.8 Å². The molecular formula is C21H21NO2S. The predicted octanol–water partition coefficient (Wildman–Crippen LogP) is 4.81. The number of carbonyl (C=O) groups is 1. The van der Waals surface area contributed by atoms with Crippen LogP contribution in [0.4, 0.5) is 0 Å². The number of hydrogen-bond donors (Lipinski definition) is 1. The summed E-state index contributed by atoms with van der Waals surface area (Å²) in [5, 5.41) is 5.27. The summed E-state index contributed by atoms with van der Waals surface area (Å²) >= 11 is 1.63. The fourth-order valence-corrected chi connectivity index (χ4v) is 3.37. The molecule has 3 rings (SSSR count). The summed E-state index contributed by atoms with van der Waals surface area (Å²) in [5.74, 6) is 0.719. The van der Waals surface area contributed by atoms with Crippen LogP contribution in [0.25, 0.3) is 10.8 Å². The normalized spacial score (nSPS) is 10.7. The van der Waals surface area contributed by atoms with Crippen molar-refractivity contribution < 1.29 is 9.53 Å². The van der Waals surface area contributed by atoms with Gasteiger partial charge in [0, 0.05) is 22.6 Å². The molecule has 4 heteroatoms. The lowest BCUT2D eigenvalue weighted by atomic mass is 10.0. The van der Waals surface area contributed by atoms with Crippen LogP contribution in [0.2, 0.25) is 0 Å². The van der Waals surface area contributed by atoms with E-state index < -0.39 is 0 Å². The van der Waals surface area contributed by atoms with Gasteiger partial charge in [0.1, 0.15) is 5.75 Å². The van der Waals surface area contributed by atoms with Crippen molar-refractivity contribution in [3.05, 3.63) is 71.3 Å². The van der Waals surface area contributed by atoms with Gasteiger partial charge < -0.3 is 10.1 Å². The molecular weight excluding hydrogens is 330 g/mol. The highest BCUT2D eigenvalue weighted by Crippen LogP contribution is 2.28. The molecule has 0 aliphatic carbocycles. The Kier molecular flexibility index (Phi) is 5.29. The zero-order valence-electron chi connectivity index (χ0n) is 14.6. The number of amides is 1. The number of fused-ring (bicyclic) bond motifs is 1. The summed E-state index contributed by atoms with van der Waals surface area (Å²) < 4.78 is 5.50. The lowest BCUT2D eigenvalue weighted by Gasteiger charge is -2.14.